The first-order valence-electron chi connectivity index (χ1n) is 7.71. The van der Waals surface area contributed by atoms with E-state index < -0.39 is 11.4 Å². The highest BCUT2D eigenvalue weighted by Crippen LogP contribution is 2.59. The number of methoxy groups -OCH3 is 1. The van der Waals surface area contributed by atoms with E-state index >= 15 is 0 Å². The molecular formula is C19H18O4. The number of rotatable bonds is 2. The number of Topliss-reactive ketones (excluding diaryl/α,β-unsaturated/α-hetero) is 1. The van der Waals surface area contributed by atoms with Gasteiger partial charge in [-0.25, -0.2) is 0 Å². The molecule has 1 aliphatic heterocycles. The molecule has 2 aromatic rings. The van der Waals surface area contributed by atoms with Gasteiger partial charge in [0.15, 0.2) is 0 Å². The number of aliphatic hydroxyl groups is 1. The Balaban J connectivity index is 1.99. The van der Waals surface area contributed by atoms with Crippen LogP contribution < -0.4 is 4.74 Å². The standard InChI is InChI=1S/C19H18O4/c1-11(2)12-8-9-15-16(10-12)23-19(22-3)14-7-5-4-6-13(14)17(20)18(15,19)21/h4-11,21H,1-3H3. The van der Waals surface area contributed by atoms with E-state index in [-0.39, 0.29) is 5.78 Å². The fourth-order valence-corrected chi connectivity index (χ4v) is 3.67. The van der Waals surface area contributed by atoms with Crippen LogP contribution in [0.2, 0.25) is 0 Å². The van der Waals surface area contributed by atoms with Gasteiger partial charge in [0.25, 0.3) is 5.79 Å². The Morgan fingerprint density at radius 2 is 1.87 bits per heavy atom. The van der Waals surface area contributed by atoms with Crippen LogP contribution in [0.25, 0.3) is 0 Å². The molecule has 0 fully saturated rings. The molecule has 0 saturated heterocycles. The van der Waals surface area contributed by atoms with Crippen molar-refractivity contribution in [2.45, 2.75) is 31.2 Å². The summed E-state index contributed by atoms with van der Waals surface area (Å²) in [5.74, 6) is -1.08. The third kappa shape index (κ3) is 1.50. The highest BCUT2D eigenvalue weighted by Gasteiger charge is 2.71. The lowest BCUT2D eigenvalue weighted by Gasteiger charge is -2.32. The van der Waals surface area contributed by atoms with E-state index in [4.69, 9.17) is 9.47 Å². The third-order valence-corrected chi connectivity index (χ3v) is 4.93. The van der Waals surface area contributed by atoms with E-state index in [0.717, 1.165) is 5.56 Å². The maximum Gasteiger partial charge on any atom is 0.279 e. The van der Waals surface area contributed by atoms with Crippen LogP contribution in [0, 0.1) is 0 Å². The van der Waals surface area contributed by atoms with Crippen molar-refractivity contribution >= 4 is 5.78 Å². The van der Waals surface area contributed by atoms with Crippen molar-refractivity contribution in [3.05, 3.63) is 64.7 Å². The minimum atomic E-state index is -1.85. The number of benzene rings is 2. The van der Waals surface area contributed by atoms with E-state index in [1.54, 1.807) is 24.3 Å². The van der Waals surface area contributed by atoms with Crippen LogP contribution in [0.15, 0.2) is 42.5 Å². The summed E-state index contributed by atoms with van der Waals surface area (Å²) in [6, 6.07) is 12.6. The van der Waals surface area contributed by atoms with Gasteiger partial charge in [0, 0.05) is 23.8 Å². The van der Waals surface area contributed by atoms with E-state index in [2.05, 4.69) is 13.8 Å². The Kier molecular flexibility index (Phi) is 2.78. The average Bonchev–Trinajstić information content (AvgIpc) is 2.93. The molecule has 118 valence electrons. The Bertz CT molecular complexity index is 826. The molecule has 0 spiro atoms. The van der Waals surface area contributed by atoms with Gasteiger partial charge in [0.05, 0.1) is 0 Å². The molecule has 2 unspecified atom stereocenters. The van der Waals surface area contributed by atoms with Gasteiger partial charge in [-0.1, -0.05) is 50.2 Å². The molecule has 4 rings (SSSR count). The first-order chi connectivity index (χ1) is 11.0. The van der Waals surface area contributed by atoms with Crippen molar-refractivity contribution < 1.29 is 19.4 Å². The van der Waals surface area contributed by atoms with Gasteiger partial charge in [0.2, 0.25) is 11.4 Å². The maximum atomic E-state index is 12.9. The van der Waals surface area contributed by atoms with Crippen molar-refractivity contribution in [1.82, 2.24) is 0 Å². The Morgan fingerprint density at radius 3 is 2.57 bits per heavy atom. The highest BCUT2D eigenvalue weighted by atomic mass is 16.7. The zero-order valence-corrected chi connectivity index (χ0v) is 13.3. The Labute approximate surface area is 134 Å². The van der Waals surface area contributed by atoms with Gasteiger partial charge in [-0.05, 0) is 17.5 Å². The topological polar surface area (TPSA) is 55.8 Å². The molecule has 0 saturated carbocycles. The third-order valence-electron chi connectivity index (χ3n) is 4.93. The van der Waals surface area contributed by atoms with Crippen molar-refractivity contribution in [2.75, 3.05) is 7.11 Å². The normalized spacial score (nSPS) is 27.6. The van der Waals surface area contributed by atoms with Crippen molar-refractivity contribution in [3.8, 4) is 5.75 Å². The molecule has 23 heavy (non-hydrogen) atoms. The highest BCUT2D eigenvalue weighted by molar-refractivity contribution is 6.09. The van der Waals surface area contributed by atoms with Gasteiger partial charge in [-0.15, -0.1) is 0 Å². The van der Waals surface area contributed by atoms with Crippen LogP contribution in [0.1, 0.15) is 46.8 Å². The molecule has 0 bridgehead atoms. The smallest absolute Gasteiger partial charge is 0.279 e. The summed E-state index contributed by atoms with van der Waals surface area (Å²) in [6.45, 7) is 4.16. The summed E-state index contributed by atoms with van der Waals surface area (Å²) >= 11 is 0. The zero-order chi connectivity index (χ0) is 16.4. The van der Waals surface area contributed by atoms with Crippen LogP contribution in [0.5, 0.6) is 5.75 Å². The van der Waals surface area contributed by atoms with E-state index in [1.165, 1.54) is 7.11 Å². The lowest BCUT2D eigenvalue weighted by Crippen LogP contribution is -2.50. The van der Waals surface area contributed by atoms with E-state index in [9.17, 15) is 9.90 Å². The molecule has 4 heteroatoms. The first kappa shape index (κ1) is 14.4. The molecule has 0 amide bonds. The van der Waals surface area contributed by atoms with Gasteiger partial charge < -0.3 is 14.6 Å². The second-order valence-electron chi connectivity index (χ2n) is 6.42. The second kappa shape index (κ2) is 4.43. The SMILES string of the molecule is COC12Oc3cc(C(C)C)ccc3C1(O)C(=O)c1ccccc12. The van der Waals surface area contributed by atoms with Gasteiger partial charge in [-0.2, -0.15) is 0 Å². The van der Waals surface area contributed by atoms with Crippen molar-refractivity contribution in [1.29, 1.82) is 0 Å². The minimum Gasteiger partial charge on any atom is -0.453 e. The Hall–Kier alpha value is -2.17. The number of ketones is 1. The summed E-state index contributed by atoms with van der Waals surface area (Å²) in [6.07, 6.45) is 0. The summed E-state index contributed by atoms with van der Waals surface area (Å²) < 4.78 is 11.7. The number of hydrogen-bond donors (Lipinski definition) is 1. The van der Waals surface area contributed by atoms with Crippen LogP contribution in [-0.2, 0) is 16.1 Å². The summed E-state index contributed by atoms with van der Waals surface area (Å²) in [5.41, 5.74) is 0.702. The fraction of sp³-hybridized carbons (Fsp3) is 0.316. The summed E-state index contributed by atoms with van der Waals surface area (Å²) in [5, 5.41) is 11.4. The summed E-state index contributed by atoms with van der Waals surface area (Å²) in [7, 11) is 1.45. The monoisotopic (exact) mass is 310 g/mol. The zero-order valence-electron chi connectivity index (χ0n) is 13.3. The predicted molar refractivity (Wildman–Crippen MR) is 84.5 cm³/mol. The maximum absolute atomic E-state index is 12.9. The average molecular weight is 310 g/mol. The summed E-state index contributed by atoms with van der Waals surface area (Å²) in [4.78, 5) is 12.9. The van der Waals surface area contributed by atoms with Gasteiger partial charge >= 0.3 is 0 Å². The second-order valence-corrected chi connectivity index (χ2v) is 6.42. The first-order valence-corrected chi connectivity index (χ1v) is 7.71. The van der Waals surface area contributed by atoms with Crippen LogP contribution in [0.4, 0.5) is 0 Å². The quantitative estimate of drug-likeness (QED) is 0.926. The molecule has 2 atom stereocenters. The van der Waals surface area contributed by atoms with Gasteiger partial charge in [0.1, 0.15) is 5.75 Å². The molecule has 0 radical (unpaired) electrons. The fourth-order valence-electron chi connectivity index (χ4n) is 3.67. The number of carbonyl (C=O) groups is 1. The number of fused-ring (bicyclic) bond motifs is 5. The predicted octanol–water partition coefficient (Wildman–Crippen LogP) is 3.09. The molecule has 2 aliphatic rings. The van der Waals surface area contributed by atoms with Crippen LogP contribution in [-0.4, -0.2) is 18.0 Å². The number of hydrogen-bond acceptors (Lipinski definition) is 4. The van der Waals surface area contributed by atoms with Crippen LogP contribution >= 0.6 is 0 Å². The van der Waals surface area contributed by atoms with E-state index in [0.29, 0.717) is 28.4 Å². The minimum absolute atomic E-state index is 0.320. The van der Waals surface area contributed by atoms with Crippen molar-refractivity contribution in [3.63, 3.8) is 0 Å². The molecule has 2 aromatic carbocycles. The van der Waals surface area contributed by atoms with Gasteiger partial charge in [-0.3, -0.25) is 4.79 Å². The van der Waals surface area contributed by atoms with E-state index in [1.807, 2.05) is 18.2 Å². The number of ether oxygens (including phenoxy) is 2. The van der Waals surface area contributed by atoms with Crippen LogP contribution in [0.3, 0.4) is 0 Å². The lowest BCUT2D eigenvalue weighted by molar-refractivity contribution is -0.242. The lowest BCUT2D eigenvalue weighted by atomic mass is 9.86. The molecule has 1 N–H and O–H groups in total. The molecular weight excluding hydrogens is 292 g/mol. The Morgan fingerprint density at radius 1 is 1.13 bits per heavy atom. The number of carbonyl (C=O) groups excluding carboxylic acids is 1. The molecule has 1 aliphatic carbocycles. The molecule has 0 aromatic heterocycles. The largest absolute Gasteiger partial charge is 0.453 e. The molecule has 4 nitrogen and oxygen atoms in total. The molecule has 1 heterocycles. The van der Waals surface area contributed by atoms with Crippen molar-refractivity contribution in [2.24, 2.45) is 0 Å².